The minimum absolute atomic E-state index is 0.167. The lowest BCUT2D eigenvalue weighted by atomic mass is 10.0. The highest BCUT2D eigenvalue weighted by Gasteiger charge is 2.11. The third-order valence-electron chi connectivity index (χ3n) is 2.50. The van der Waals surface area contributed by atoms with Crippen molar-refractivity contribution >= 4 is 0 Å². The van der Waals surface area contributed by atoms with Gasteiger partial charge in [-0.1, -0.05) is 29.8 Å². The molecular weight excluding hydrogens is 186 g/mol. The average Bonchev–Trinajstić information content (AvgIpc) is 2.65. The molecule has 1 heterocycles. The molecule has 0 aliphatic heterocycles. The predicted molar refractivity (Wildman–Crippen MR) is 60.7 cm³/mol. The molecule has 78 valence electrons. The van der Waals surface area contributed by atoms with Crippen LogP contribution in [0.1, 0.15) is 28.7 Å². The fourth-order valence-corrected chi connectivity index (χ4v) is 1.56. The van der Waals surface area contributed by atoms with Gasteiger partial charge in [-0.15, -0.1) is 0 Å². The van der Waals surface area contributed by atoms with Gasteiger partial charge in [0, 0.05) is 0 Å². The van der Waals surface area contributed by atoms with Crippen molar-refractivity contribution < 1.29 is 4.42 Å². The normalized spacial score (nSPS) is 12.7. The predicted octanol–water partition coefficient (Wildman–Crippen LogP) is 2.94. The zero-order chi connectivity index (χ0) is 10.8. The first-order chi connectivity index (χ1) is 7.16. The maximum atomic E-state index is 6.09. The van der Waals surface area contributed by atoms with Gasteiger partial charge in [-0.3, -0.25) is 0 Å². The molecule has 1 unspecified atom stereocenters. The summed E-state index contributed by atoms with van der Waals surface area (Å²) in [5, 5.41) is 0. The molecule has 0 fully saturated rings. The smallest absolute Gasteiger partial charge is 0.125 e. The number of benzene rings is 1. The molecule has 2 rings (SSSR count). The van der Waals surface area contributed by atoms with Gasteiger partial charge in [0.1, 0.15) is 11.5 Å². The minimum Gasteiger partial charge on any atom is -0.464 e. The van der Waals surface area contributed by atoms with E-state index in [1.807, 2.05) is 31.2 Å². The highest BCUT2D eigenvalue weighted by Crippen LogP contribution is 2.21. The summed E-state index contributed by atoms with van der Waals surface area (Å²) >= 11 is 0. The van der Waals surface area contributed by atoms with E-state index in [1.54, 1.807) is 0 Å². The van der Waals surface area contributed by atoms with Gasteiger partial charge in [-0.25, -0.2) is 0 Å². The van der Waals surface area contributed by atoms with Crippen LogP contribution in [0.2, 0.25) is 0 Å². The average molecular weight is 201 g/mol. The van der Waals surface area contributed by atoms with Crippen LogP contribution < -0.4 is 5.73 Å². The third kappa shape index (κ3) is 2.10. The topological polar surface area (TPSA) is 39.2 Å². The van der Waals surface area contributed by atoms with Crippen LogP contribution in [0, 0.1) is 13.8 Å². The quantitative estimate of drug-likeness (QED) is 0.811. The Kier molecular flexibility index (Phi) is 2.60. The molecule has 0 spiro atoms. The summed E-state index contributed by atoms with van der Waals surface area (Å²) in [6, 6.07) is 11.9. The van der Waals surface area contributed by atoms with Crippen molar-refractivity contribution in [2.75, 3.05) is 0 Å². The molecule has 15 heavy (non-hydrogen) atoms. The highest BCUT2D eigenvalue weighted by molar-refractivity contribution is 5.29. The highest BCUT2D eigenvalue weighted by atomic mass is 16.3. The maximum absolute atomic E-state index is 6.09. The van der Waals surface area contributed by atoms with Gasteiger partial charge in [-0.2, -0.15) is 0 Å². The molecule has 0 aliphatic carbocycles. The molecule has 0 saturated heterocycles. The Morgan fingerprint density at radius 1 is 1.00 bits per heavy atom. The van der Waals surface area contributed by atoms with Crippen molar-refractivity contribution in [3.63, 3.8) is 0 Å². The van der Waals surface area contributed by atoms with Crippen molar-refractivity contribution in [3.8, 4) is 0 Å². The third-order valence-corrected chi connectivity index (χ3v) is 2.50. The van der Waals surface area contributed by atoms with E-state index in [2.05, 4.69) is 19.1 Å². The summed E-state index contributed by atoms with van der Waals surface area (Å²) in [4.78, 5) is 0. The van der Waals surface area contributed by atoms with E-state index in [0.29, 0.717) is 0 Å². The molecule has 2 heteroatoms. The Morgan fingerprint density at radius 3 is 2.20 bits per heavy atom. The van der Waals surface area contributed by atoms with Crippen LogP contribution in [0.4, 0.5) is 0 Å². The standard InChI is InChI=1S/C13H15NO/c1-9-3-6-11(7-4-9)13(14)12-8-5-10(2)15-12/h3-8,13H,14H2,1-2H3. The summed E-state index contributed by atoms with van der Waals surface area (Å²) in [7, 11) is 0. The maximum Gasteiger partial charge on any atom is 0.125 e. The Balaban J connectivity index is 2.28. The minimum atomic E-state index is -0.167. The summed E-state index contributed by atoms with van der Waals surface area (Å²) in [6.45, 7) is 3.98. The second-order valence-corrected chi connectivity index (χ2v) is 3.84. The molecule has 0 saturated carbocycles. The Hall–Kier alpha value is -1.54. The molecule has 2 aromatic rings. The molecule has 0 aliphatic rings. The lowest BCUT2D eigenvalue weighted by molar-refractivity contribution is 0.466. The lowest BCUT2D eigenvalue weighted by Gasteiger charge is -2.09. The first kappa shape index (κ1) is 9.99. The number of hydrogen-bond acceptors (Lipinski definition) is 2. The summed E-state index contributed by atoms with van der Waals surface area (Å²) in [5.74, 6) is 1.71. The van der Waals surface area contributed by atoms with Gasteiger partial charge in [0.15, 0.2) is 0 Å². The molecular formula is C13H15NO. The van der Waals surface area contributed by atoms with Crippen molar-refractivity contribution in [1.29, 1.82) is 0 Å². The van der Waals surface area contributed by atoms with E-state index in [4.69, 9.17) is 10.2 Å². The van der Waals surface area contributed by atoms with Crippen LogP contribution in [0.5, 0.6) is 0 Å². The van der Waals surface area contributed by atoms with E-state index in [1.165, 1.54) is 5.56 Å². The van der Waals surface area contributed by atoms with Crippen LogP contribution in [-0.4, -0.2) is 0 Å². The van der Waals surface area contributed by atoms with E-state index >= 15 is 0 Å². The van der Waals surface area contributed by atoms with Crippen LogP contribution in [0.25, 0.3) is 0 Å². The zero-order valence-electron chi connectivity index (χ0n) is 9.03. The van der Waals surface area contributed by atoms with Crippen LogP contribution in [0.15, 0.2) is 40.8 Å². The Bertz CT molecular complexity index is 442. The van der Waals surface area contributed by atoms with Crippen molar-refractivity contribution in [2.24, 2.45) is 5.73 Å². The summed E-state index contributed by atoms with van der Waals surface area (Å²) in [6.07, 6.45) is 0. The monoisotopic (exact) mass is 201 g/mol. The second-order valence-electron chi connectivity index (χ2n) is 3.84. The molecule has 0 radical (unpaired) electrons. The van der Waals surface area contributed by atoms with E-state index in [0.717, 1.165) is 17.1 Å². The van der Waals surface area contributed by atoms with Gasteiger partial charge in [-0.05, 0) is 31.5 Å². The van der Waals surface area contributed by atoms with Gasteiger partial charge in [0.05, 0.1) is 6.04 Å². The molecule has 0 bridgehead atoms. The molecule has 0 amide bonds. The fraction of sp³-hybridized carbons (Fsp3) is 0.231. The van der Waals surface area contributed by atoms with Crippen LogP contribution in [-0.2, 0) is 0 Å². The number of rotatable bonds is 2. The summed E-state index contributed by atoms with van der Waals surface area (Å²) in [5.41, 5.74) is 8.40. The first-order valence-corrected chi connectivity index (χ1v) is 5.05. The molecule has 2 nitrogen and oxygen atoms in total. The SMILES string of the molecule is Cc1ccc(C(N)c2ccc(C)o2)cc1. The van der Waals surface area contributed by atoms with E-state index in [-0.39, 0.29) is 6.04 Å². The molecule has 2 N–H and O–H groups in total. The molecule has 1 atom stereocenters. The number of furan rings is 1. The summed E-state index contributed by atoms with van der Waals surface area (Å²) < 4.78 is 5.50. The van der Waals surface area contributed by atoms with Crippen molar-refractivity contribution in [3.05, 3.63) is 59.0 Å². The van der Waals surface area contributed by atoms with Crippen LogP contribution in [0.3, 0.4) is 0 Å². The molecule has 1 aromatic heterocycles. The first-order valence-electron chi connectivity index (χ1n) is 5.05. The van der Waals surface area contributed by atoms with E-state index in [9.17, 15) is 0 Å². The second kappa shape index (κ2) is 3.91. The molecule has 1 aromatic carbocycles. The lowest BCUT2D eigenvalue weighted by Crippen LogP contribution is -2.10. The van der Waals surface area contributed by atoms with Gasteiger partial charge in [0.2, 0.25) is 0 Å². The number of nitrogens with two attached hydrogens (primary N) is 1. The largest absolute Gasteiger partial charge is 0.464 e. The Labute approximate surface area is 89.7 Å². The van der Waals surface area contributed by atoms with Gasteiger partial charge < -0.3 is 10.2 Å². The van der Waals surface area contributed by atoms with Crippen molar-refractivity contribution in [2.45, 2.75) is 19.9 Å². The van der Waals surface area contributed by atoms with Crippen molar-refractivity contribution in [1.82, 2.24) is 0 Å². The number of hydrogen-bond donors (Lipinski definition) is 1. The zero-order valence-corrected chi connectivity index (χ0v) is 9.03. The van der Waals surface area contributed by atoms with Crippen LogP contribution >= 0.6 is 0 Å². The number of aryl methyl sites for hydroxylation is 2. The van der Waals surface area contributed by atoms with E-state index < -0.39 is 0 Å². The van der Waals surface area contributed by atoms with Gasteiger partial charge in [0.25, 0.3) is 0 Å². The fourth-order valence-electron chi connectivity index (χ4n) is 1.56. The van der Waals surface area contributed by atoms with Gasteiger partial charge >= 0.3 is 0 Å². The Morgan fingerprint density at radius 2 is 1.67 bits per heavy atom.